The number of aliphatic hydroxyl groups is 1. The first-order chi connectivity index (χ1) is 8.27. The lowest BCUT2D eigenvalue weighted by atomic mass is 10.0. The SMILES string of the molecule is CC1(C)O[C@@H]2[C@@H](O1)[C@H](O)OC[C@H]1OC(C)(C)O[C@@H]21. The van der Waals surface area contributed by atoms with E-state index in [1.807, 2.05) is 27.7 Å². The quantitative estimate of drug-likeness (QED) is 0.679. The van der Waals surface area contributed by atoms with Crippen molar-refractivity contribution >= 4 is 0 Å². The molecular weight excluding hydrogens is 240 g/mol. The van der Waals surface area contributed by atoms with Crippen LogP contribution in [0.1, 0.15) is 27.7 Å². The minimum Gasteiger partial charge on any atom is -0.366 e. The van der Waals surface area contributed by atoms with Crippen LogP contribution < -0.4 is 0 Å². The fraction of sp³-hybridized carbons (Fsp3) is 1.00. The third-order valence-electron chi connectivity index (χ3n) is 3.42. The summed E-state index contributed by atoms with van der Waals surface area (Å²) in [5.74, 6) is -1.42. The highest BCUT2D eigenvalue weighted by Gasteiger charge is 2.57. The molecule has 104 valence electrons. The number of hydrogen-bond donors (Lipinski definition) is 1. The van der Waals surface area contributed by atoms with Crippen LogP contribution in [0.15, 0.2) is 0 Å². The minimum atomic E-state index is -1.02. The van der Waals surface area contributed by atoms with Gasteiger partial charge in [0, 0.05) is 0 Å². The Morgan fingerprint density at radius 3 is 2.11 bits per heavy atom. The van der Waals surface area contributed by atoms with Crippen molar-refractivity contribution < 1.29 is 28.8 Å². The molecule has 0 spiro atoms. The third kappa shape index (κ3) is 2.07. The second kappa shape index (κ2) is 3.88. The Balaban J connectivity index is 1.87. The van der Waals surface area contributed by atoms with Gasteiger partial charge in [0.2, 0.25) is 0 Å². The van der Waals surface area contributed by atoms with E-state index in [2.05, 4.69) is 0 Å². The normalized spacial score (nSPS) is 49.5. The minimum absolute atomic E-state index is 0.248. The zero-order valence-electron chi connectivity index (χ0n) is 11.1. The van der Waals surface area contributed by atoms with E-state index in [1.165, 1.54) is 0 Å². The van der Waals surface area contributed by atoms with Crippen molar-refractivity contribution in [1.29, 1.82) is 0 Å². The van der Waals surface area contributed by atoms with Crippen molar-refractivity contribution in [2.24, 2.45) is 0 Å². The van der Waals surface area contributed by atoms with Gasteiger partial charge in [-0.1, -0.05) is 0 Å². The van der Waals surface area contributed by atoms with Gasteiger partial charge in [0.1, 0.15) is 24.4 Å². The highest BCUT2D eigenvalue weighted by molar-refractivity contribution is 4.98. The van der Waals surface area contributed by atoms with Gasteiger partial charge in [-0.2, -0.15) is 0 Å². The van der Waals surface area contributed by atoms with Gasteiger partial charge in [0.15, 0.2) is 17.9 Å². The van der Waals surface area contributed by atoms with E-state index in [0.717, 1.165) is 0 Å². The highest BCUT2D eigenvalue weighted by atomic mass is 16.8. The molecule has 6 heteroatoms. The Kier molecular flexibility index (Phi) is 2.75. The molecule has 18 heavy (non-hydrogen) atoms. The van der Waals surface area contributed by atoms with E-state index in [1.54, 1.807) is 0 Å². The fourth-order valence-electron chi connectivity index (χ4n) is 2.85. The summed E-state index contributed by atoms with van der Waals surface area (Å²) in [5.41, 5.74) is 0. The van der Waals surface area contributed by atoms with Crippen LogP contribution in [-0.4, -0.2) is 54.0 Å². The number of aliphatic hydroxyl groups excluding tert-OH is 1. The molecule has 1 N–H and O–H groups in total. The zero-order chi connectivity index (χ0) is 13.1. The first kappa shape index (κ1) is 12.8. The zero-order valence-corrected chi connectivity index (χ0v) is 11.1. The highest BCUT2D eigenvalue weighted by Crippen LogP contribution is 2.41. The monoisotopic (exact) mass is 260 g/mol. The van der Waals surface area contributed by atoms with Crippen LogP contribution in [0.25, 0.3) is 0 Å². The Morgan fingerprint density at radius 1 is 0.833 bits per heavy atom. The molecular formula is C12H20O6. The third-order valence-corrected chi connectivity index (χ3v) is 3.42. The summed E-state index contributed by atoms with van der Waals surface area (Å²) in [4.78, 5) is 0. The van der Waals surface area contributed by atoms with Crippen molar-refractivity contribution in [3.05, 3.63) is 0 Å². The van der Waals surface area contributed by atoms with Crippen LogP contribution in [0.5, 0.6) is 0 Å². The average Bonchev–Trinajstić information content (AvgIpc) is 2.68. The van der Waals surface area contributed by atoms with Crippen LogP contribution >= 0.6 is 0 Å². The van der Waals surface area contributed by atoms with E-state index >= 15 is 0 Å². The molecule has 3 fully saturated rings. The lowest BCUT2D eigenvalue weighted by Gasteiger charge is -2.24. The maximum atomic E-state index is 9.94. The van der Waals surface area contributed by atoms with E-state index in [4.69, 9.17) is 23.7 Å². The van der Waals surface area contributed by atoms with Crippen LogP contribution in [0, 0.1) is 0 Å². The molecule has 0 aliphatic carbocycles. The summed E-state index contributed by atoms with van der Waals surface area (Å²) in [5, 5.41) is 9.94. The van der Waals surface area contributed by atoms with Crippen LogP contribution in [0.3, 0.4) is 0 Å². The smallest absolute Gasteiger partial charge is 0.184 e. The molecule has 0 aromatic heterocycles. The maximum Gasteiger partial charge on any atom is 0.184 e. The van der Waals surface area contributed by atoms with Gasteiger partial charge >= 0.3 is 0 Å². The first-order valence-corrected chi connectivity index (χ1v) is 6.28. The molecule has 3 aliphatic rings. The van der Waals surface area contributed by atoms with Gasteiger partial charge in [-0.15, -0.1) is 0 Å². The summed E-state index contributed by atoms with van der Waals surface area (Å²) in [6.07, 6.45) is -2.49. The number of rotatable bonds is 0. The molecule has 0 aromatic rings. The second-order valence-electron chi connectivity index (χ2n) is 5.93. The number of hydrogen-bond acceptors (Lipinski definition) is 6. The van der Waals surface area contributed by atoms with Crippen molar-refractivity contribution in [3.63, 3.8) is 0 Å². The molecule has 0 aromatic carbocycles. The van der Waals surface area contributed by atoms with Crippen molar-refractivity contribution in [3.8, 4) is 0 Å². The molecule has 6 nitrogen and oxygen atoms in total. The van der Waals surface area contributed by atoms with Gasteiger partial charge < -0.3 is 28.8 Å². The molecule has 0 amide bonds. The molecule has 0 saturated carbocycles. The molecule has 0 radical (unpaired) electrons. The van der Waals surface area contributed by atoms with Gasteiger partial charge in [-0.25, -0.2) is 0 Å². The van der Waals surface area contributed by atoms with E-state index in [-0.39, 0.29) is 24.9 Å². The fourth-order valence-corrected chi connectivity index (χ4v) is 2.85. The first-order valence-electron chi connectivity index (χ1n) is 6.28. The van der Waals surface area contributed by atoms with Crippen LogP contribution in [0.2, 0.25) is 0 Å². The van der Waals surface area contributed by atoms with Crippen LogP contribution in [0.4, 0.5) is 0 Å². The van der Waals surface area contributed by atoms with Crippen molar-refractivity contribution in [2.75, 3.05) is 6.61 Å². The van der Waals surface area contributed by atoms with Crippen LogP contribution in [-0.2, 0) is 23.7 Å². The summed E-state index contributed by atoms with van der Waals surface area (Å²) in [7, 11) is 0. The summed E-state index contributed by atoms with van der Waals surface area (Å²) in [6, 6.07) is 0. The number of fused-ring (bicyclic) bond motifs is 3. The summed E-state index contributed by atoms with van der Waals surface area (Å²) >= 11 is 0. The van der Waals surface area contributed by atoms with E-state index in [0.29, 0.717) is 0 Å². The molecule has 0 bridgehead atoms. The molecule has 3 heterocycles. The van der Waals surface area contributed by atoms with E-state index < -0.39 is 24.0 Å². The van der Waals surface area contributed by atoms with Gasteiger partial charge in [0.05, 0.1) is 6.61 Å². The summed E-state index contributed by atoms with van der Waals surface area (Å²) in [6.45, 7) is 7.60. The van der Waals surface area contributed by atoms with E-state index in [9.17, 15) is 5.11 Å². The summed E-state index contributed by atoms with van der Waals surface area (Å²) < 4.78 is 28.5. The molecule has 0 unspecified atom stereocenters. The molecule has 3 saturated heterocycles. The Labute approximate surface area is 106 Å². The average molecular weight is 260 g/mol. The standard InChI is InChI=1S/C12H20O6/c1-11(2)15-6-5-14-10(13)9-8(7(6)16-11)17-12(3,4)18-9/h6-10,13H,5H2,1-4H3/t6-,7-,8+,9-,10-/m1/s1. The Bertz CT molecular complexity index is 341. The molecule has 3 rings (SSSR count). The van der Waals surface area contributed by atoms with Crippen molar-refractivity contribution in [2.45, 2.75) is 70.0 Å². The molecule has 3 aliphatic heterocycles. The predicted molar refractivity (Wildman–Crippen MR) is 59.6 cm³/mol. The topological polar surface area (TPSA) is 66.4 Å². The number of ether oxygens (including phenoxy) is 5. The Morgan fingerprint density at radius 2 is 1.39 bits per heavy atom. The largest absolute Gasteiger partial charge is 0.366 e. The van der Waals surface area contributed by atoms with Gasteiger partial charge in [-0.3, -0.25) is 0 Å². The van der Waals surface area contributed by atoms with Crippen molar-refractivity contribution in [1.82, 2.24) is 0 Å². The Hall–Kier alpha value is -0.240. The lowest BCUT2D eigenvalue weighted by Crippen LogP contribution is -2.43. The molecule has 5 atom stereocenters. The second-order valence-corrected chi connectivity index (χ2v) is 5.93. The lowest BCUT2D eigenvalue weighted by molar-refractivity contribution is -0.211. The van der Waals surface area contributed by atoms with Gasteiger partial charge in [-0.05, 0) is 27.7 Å². The maximum absolute atomic E-state index is 9.94. The van der Waals surface area contributed by atoms with Gasteiger partial charge in [0.25, 0.3) is 0 Å². The predicted octanol–water partition coefficient (Wildman–Crippen LogP) is 0.375.